The molecular formula is C11H9F3N2OS. The molecule has 0 saturated carbocycles. The molecule has 0 unspecified atom stereocenters. The average Bonchev–Trinajstić information content (AvgIpc) is 2.71. The number of methoxy groups -OCH3 is 1. The molecule has 0 fully saturated rings. The van der Waals surface area contributed by atoms with Gasteiger partial charge < -0.3 is 4.74 Å². The van der Waals surface area contributed by atoms with Gasteiger partial charge >= 0.3 is 6.18 Å². The van der Waals surface area contributed by atoms with E-state index in [2.05, 4.69) is 5.10 Å². The number of rotatable bonds is 2. The third kappa shape index (κ3) is 2.26. The monoisotopic (exact) mass is 274 g/mol. The molecule has 0 saturated heterocycles. The fraction of sp³-hybridized carbons (Fsp3) is 0.182. The number of H-pyrrole nitrogens is 1. The molecule has 0 bridgehead atoms. The van der Waals surface area contributed by atoms with E-state index in [9.17, 15) is 13.2 Å². The normalized spacial score (nSPS) is 11.6. The minimum absolute atomic E-state index is 0.0341. The van der Waals surface area contributed by atoms with Crippen LogP contribution in [0, 0.1) is 4.64 Å². The Morgan fingerprint density at radius 1 is 1.28 bits per heavy atom. The van der Waals surface area contributed by atoms with E-state index in [4.69, 9.17) is 17.0 Å². The van der Waals surface area contributed by atoms with Crippen molar-refractivity contribution in [2.45, 2.75) is 6.18 Å². The largest absolute Gasteiger partial charge is 0.494 e. The zero-order chi connectivity index (χ0) is 13.3. The summed E-state index contributed by atoms with van der Waals surface area (Å²) in [4.78, 5) is 0. The van der Waals surface area contributed by atoms with Crippen molar-refractivity contribution in [1.82, 2.24) is 9.78 Å². The molecule has 1 aromatic heterocycles. The molecule has 3 nitrogen and oxygen atoms in total. The number of nitrogens with one attached hydrogen (secondary N) is 1. The van der Waals surface area contributed by atoms with Crippen LogP contribution in [0.4, 0.5) is 13.2 Å². The van der Waals surface area contributed by atoms with Gasteiger partial charge in [-0.3, -0.25) is 5.10 Å². The molecule has 0 aliphatic heterocycles. The Morgan fingerprint density at radius 2 is 1.94 bits per heavy atom. The van der Waals surface area contributed by atoms with Gasteiger partial charge in [-0.05, 0) is 12.1 Å². The van der Waals surface area contributed by atoms with Crippen molar-refractivity contribution >= 4 is 12.2 Å². The van der Waals surface area contributed by atoms with Crippen LogP contribution in [0.5, 0.6) is 5.75 Å². The maximum atomic E-state index is 12.6. The summed E-state index contributed by atoms with van der Waals surface area (Å²) in [6, 6.07) is 7.55. The molecule has 1 N–H and O–H groups in total. The Labute approximate surface area is 106 Å². The number of alkyl halides is 3. The van der Waals surface area contributed by atoms with Gasteiger partial charge in [-0.2, -0.15) is 13.2 Å². The fourth-order valence-corrected chi connectivity index (χ4v) is 1.80. The molecule has 2 rings (SSSR count). The number of aromatic nitrogens is 2. The van der Waals surface area contributed by atoms with E-state index in [1.54, 1.807) is 24.3 Å². The number of nitrogens with zero attached hydrogens (tertiary/aromatic N) is 1. The summed E-state index contributed by atoms with van der Waals surface area (Å²) in [6.07, 6.45) is -4.46. The van der Waals surface area contributed by atoms with E-state index in [1.807, 2.05) is 0 Å². The van der Waals surface area contributed by atoms with Crippen LogP contribution in [0.2, 0.25) is 0 Å². The van der Waals surface area contributed by atoms with Gasteiger partial charge in [0.1, 0.15) is 21.8 Å². The highest BCUT2D eigenvalue weighted by atomic mass is 32.1. The third-order valence-electron chi connectivity index (χ3n) is 2.35. The Kier molecular flexibility index (Phi) is 3.16. The second-order valence-corrected chi connectivity index (χ2v) is 3.93. The number of hydrogen-bond donors (Lipinski definition) is 1. The van der Waals surface area contributed by atoms with Crippen LogP contribution in [0.1, 0.15) is 5.69 Å². The van der Waals surface area contributed by atoms with E-state index in [0.717, 1.165) is 10.7 Å². The maximum absolute atomic E-state index is 12.6. The number of halogens is 3. The minimum Gasteiger partial charge on any atom is -0.494 e. The fourth-order valence-electron chi connectivity index (χ4n) is 1.53. The molecule has 1 heterocycles. The molecule has 18 heavy (non-hydrogen) atoms. The lowest BCUT2D eigenvalue weighted by Gasteiger charge is -2.09. The first-order valence-corrected chi connectivity index (χ1v) is 5.37. The smallest absolute Gasteiger partial charge is 0.432 e. The lowest BCUT2D eigenvalue weighted by Crippen LogP contribution is -2.07. The first-order valence-electron chi connectivity index (χ1n) is 4.96. The molecule has 0 aliphatic rings. The van der Waals surface area contributed by atoms with Crippen molar-refractivity contribution in [2.75, 3.05) is 7.11 Å². The molecule has 0 atom stereocenters. The lowest BCUT2D eigenvalue weighted by molar-refractivity contribution is -0.141. The zero-order valence-electron chi connectivity index (χ0n) is 9.28. The summed E-state index contributed by atoms with van der Waals surface area (Å²) in [6.45, 7) is 0. The molecule has 1 aromatic carbocycles. The molecule has 0 aliphatic carbocycles. The van der Waals surface area contributed by atoms with Gasteiger partial charge in [0, 0.05) is 6.07 Å². The summed E-state index contributed by atoms with van der Waals surface area (Å²) in [5.41, 5.74) is -0.459. The number of benzene rings is 1. The van der Waals surface area contributed by atoms with E-state index in [1.165, 1.54) is 7.11 Å². The number of aromatic amines is 1. The van der Waals surface area contributed by atoms with Gasteiger partial charge in [-0.25, -0.2) is 4.68 Å². The van der Waals surface area contributed by atoms with Gasteiger partial charge in [0.2, 0.25) is 0 Å². The van der Waals surface area contributed by atoms with E-state index in [0.29, 0.717) is 11.4 Å². The van der Waals surface area contributed by atoms with Crippen molar-refractivity contribution < 1.29 is 17.9 Å². The van der Waals surface area contributed by atoms with Crippen molar-refractivity contribution in [3.8, 4) is 11.4 Å². The van der Waals surface area contributed by atoms with Crippen molar-refractivity contribution in [2.24, 2.45) is 0 Å². The third-order valence-corrected chi connectivity index (χ3v) is 2.65. The molecule has 7 heteroatoms. The first-order chi connectivity index (χ1) is 8.43. The van der Waals surface area contributed by atoms with Gasteiger partial charge in [0.25, 0.3) is 0 Å². The summed E-state index contributed by atoms with van der Waals surface area (Å²) >= 11 is 4.91. The summed E-state index contributed by atoms with van der Waals surface area (Å²) < 4.78 is 44.0. The Balaban J connectivity index is 2.59. The minimum atomic E-state index is -4.46. The molecule has 96 valence electrons. The van der Waals surface area contributed by atoms with Crippen molar-refractivity contribution in [3.63, 3.8) is 0 Å². The van der Waals surface area contributed by atoms with Crippen LogP contribution in [-0.2, 0) is 6.18 Å². The van der Waals surface area contributed by atoms with Gasteiger partial charge in [-0.15, -0.1) is 0 Å². The number of para-hydroxylation sites is 2. The van der Waals surface area contributed by atoms with Gasteiger partial charge in [-0.1, -0.05) is 24.4 Å². The second kappa shape index (κ2) is 4.49. The maximum Gasteiger partial charge on any atom is 0.432 e. The molecular weight excluding hydrogens is 265 g/mol. The van der Waals surface area contributed by atoms with Crippen LogP contribution in [0.15, 0.2) is 30.3 Å². The summed E-state index contributed by atoms with van der Waals surface area (Å²) in [5, 5.41) is 2.22. The number of hydrogen-bond acceptors (Lipinski definition) is 2. The number of ether oxygens (including phenoxy) is 1. The highest BCUT2D eigenvalue weighted by Gasteiger charge is 2.33. The quantitative estimate of drug-likeness (QED) is 0.849. The van der Waals surface area contributed by atoms with Gasteiger partial charge in [0.05, 0.1) is 7.11 Å². The molecule has 0 spiro atoms. The SMILES string of the molecule is COc1ccccc1-n1[nH]c(C(F)(F)F)cc1=S. The van der Waals surface area contributed by atoms with E-state index >= 15 is 0 Å². The summed E-state index contributed by atoms with van der Waals surface area (Å²) in [7, 11) is 1.44. The standard InChI is InChI=1S/C11H9F3N2OS/c1-17-8-5-3-2-4-7(8)16-10(18)6-9(15-16)11(12,13)14/h2-6,15H,1H3. The van der Waals surface area contributed by atoms with Crippen molar-refractivity contribution in [1.29, 1.82) is 0 Å². The predicted octanol–water partition coefficient (Wildman–Crippen LogP) is 3.56. The van der Waals surface area contributed by atoms with Crippen LogP contribution in [0.3, 0.4) is 0 Å². The Bertz CT molecular complexity index is 615. The Hall–Kier alpha value is -1.76. The first kappa shape index (κ1) is 12.7. The molecule has 0 radical (unpaired) electrons. The predicted molar refractivity (Wildman–Crippen MR) is 62.5 cm³/mol. The van der Waals surface area contributed by atoms with Crippen LogP contribution in [0.25, 0.3) is 5.69 Å². The van der Waals surface area contributed by atoms with Gasteiger partial charge in [0.15, 0.2) is 0 Å². The zero-order valence-corrected chi connectivity index (χ0v) is 10.1. The highest BCUT2D eigenvalue weighted by molar-refractivity contribution is 7.71. The van der Waals surface area contributed by atoms with Crippen molar-refractivity contribution in [3.05, 3.63) is 40.7 Å². The summed E-state index contributed by atoms with van der Waals surface area (Å²) in [5.74, 6) is 0.434. The van der Waals surface area contributed by atoms with E-state index < -0.39 is 11.9 Å². The Morgan fingerprint density at radius 3 is 2.50 bits per heavy atom. The average molecular weight is 274 g/mol. The topological polar surface area (TPSA) is 29.9 Å². The second-order valence-electron chi connectivity index (χ2n) is 3.51. The molecule has 2 aromatic rings. The van der Waals surface area contributed by atoms with Crippen LogP contribution < -0.4 is 4.74 Å². The van der Waals surface area contributed by atoms with E-state index in [-0.39, 0.29) is 4.64 Å². The molecule has 0 amide bonds. The lowest BCUT2D eigenvalue weighted by atomic mass is 10.3. The highest BCUT2D eigenvalue weighted by Crippen LogP contribution is 2.30. The van der Waals surface area contributed by atoms with Crippen LogP contribution >= 0.6 is 12.2 Å². The van der Waals surface area contributed by atoms with Crippen LogP contribution in [-0.4, -0.2) is 16.9 Å².